The molecule has 8 nitrogen and oxygen atoms in total. The average Bonchev–Trinajstić information content (AvgIpc) is 2.93. The molecule has 2 amide bonds. The lowest BCUT2D eigenvalue weighted by Crippen LogP contribution is -2.49. The summed E-state index contributed by atoms with van der Waals surface area (Å²) in [6.45, 7) is 5.92. The van der Waals surface area contributed by atoms with E-state index in [1.54, 1.807) is 26.2 Å². The summed E-state index contributed by atoms with van der Waals surface area (Å²) in [5.74, 6) is 1.07. The largest absolute Gasteiger partial charge is 0.497 e. The van der Waals surface area contributed by atoms with Gasteiger partial charge in [-0.3, -0.25) is 9.59 Å². The number of rotatable bonds is 13. The van der Waals surface area contributed by atoms with E-state index in [0.717, 1.165) is 16.9 Å². The number of nitrogens with zero attached hydrogens (tertiary/aromatic N) is 1. The number of carbonyl (C=O) groups excluding carboxylic acids is 2. The van der Waals surface area contributed by atoms with Gasteiger partial charge in [0.2, 0.25) is 0 Å². The molecule has 0 saturated heterocycles. The van der Waals surface area contributed by atoms with Crippen LogP contribution in [-0.2, 0) is 16.2 Å². The van der Waals surface area contributed by atoms with Gasteiger partial charge >= 0.3 is 0 Å². The first-order chi connectivity index (χ1) is 19.1. The molecule has 0 bridgehead atoms. The SMILES string of the molecule is COc1ccc(COc2ccc(/C=N\NC(=O)[C@@H](CC(C)C)NC(=O)[C@@H](C)Oc3ccc(Cl)cc3Cl)cc2)cc1. The summed E-state index contributed by atoms with van der Waals surface area (Å²) in [6, 6.07) is 18.9. The first kappa shape index (κ1) is 30.8. The van der Waals surface area contributed by atoms with Crippen molar-refractivity contribution in [2.75, 3.05) is 7.11 Å². The third kappa shape index (κ3) is 9.77. The molecule has 0 aliphatic carbocycles. The number of halogens is 2. The topological polar surface area (TPSA) is 98.3 Å². The van der Waals surface area contributed by atoms with E-state index in [1.807, 2.05) is 62.4 Å². The van der Waals surface area contributed by atoms with E-state index in [-0.39, 0.29) is 10.9 Å². The maximum Gasteiger partial charge on any atom is 0.262 e. The Kier molecular flexibility index (Phi) is 11.7. The van der Waals surface area contributed by atoms with Crippen molar-refractivity contribution in [2.24, 2.45) is 11.0 Å². The Labute approximate surface area is 244 Å². The summed E-state index contributed by atoms with van der Waals surface area (Å²) in [4.78, 5) is 25.6. The Bertz CT molecular complexity index is 1300. The van der Waals surface area contributed by atoms with Crippen LogP contribution in [0.25, 0.3) is 0 Å². The maximum absolute atomic E-state index is 12.8. The molecule has 3 aromatic carbocycles. The molecule has 40 heavy (non-hydrogen) atoms. The van der Waals surface area contributed by atoms with Gasteiger partial charge in [-0.1, -0.05) is 49.2 Å². The molecule has 0 unspecified atom stereocenters. The van der Waals surface area contributed by atoms with Gasteiger partial charge in [-0.05, 0) is 85.0 Å². The van der Waals surface area contributed by atoms with E-state index in [0.29, 0.717) is 29.5 Å². The Morgan fingerprint density at radius 1 is 0.925 bits per heavy atom. The van der Waals surface area contributed by atoms with Gasteiger partial charge in [-0.2, -0.15) is 5.10 Å². The number of nitrogens with one attached hydrogen (secondary N) is 2. The van der Waals surface area contributed by atoms with Gasteiger partial charge in [-0.25, -0.2) is 5.43 Å². The summed E-state index contributed by atoms with van der Waals surface area (Å²) < 4.78 is 16.7. The molecular formula is C30H33Cl2N3O5. The molecule has 3 rings (SSSR count). The Balaban J connectivity index is 1.52. The number of hydrazone groups is 1. The second kappa shape index (κ2) is 15.1. The van der Waals surface area contributed by atoms with Crippen LogP contribution >= 0.6 is 23.2 Å². The highest BCUT2D eigenvalue weighted by atomic mass is 35.5. The van der Waals surface area contributed by atoms with Crippen LogP contribution in [-0.4, -0.2) is 37.3 Å². The fourth-order valence-electron chi connectivity index (χ4n) is 3.59. The monoisotopic (exact) mass is 585 g/mol. The molecule has 3 aromatic rings. The van der Waals surface area contributed by atoms with Crippen molar-refractivity contribution in [1.29, 1.82) is 0 Å². The Morgan fingerprint density at radius 2 is 1.60 bits per heavy atom. The molecule has 0 heterocycles. The van der Waals surface area contributed by atoms with E-state index in [2.05, 4.69) is 15.8 Å². The number of amides is 2. The number of carbonyl (C=O) groups is 2. The highest BCUT2D eigenvalue weighted by molar-refractivity contribution is 6.35. The zero-order chi connectivity index (χ0) is 29.1. The maximum atomic E-state index is 12.8. The van der Waals surface area contributed by atoms with Crippen molar-refractivity contribution in [3.05, 3.63) is 87.9 Å². The van der Waals surface area contributed by atoms with Gasteiger partial charge in [0.15, 0.2) is 6.10 Å². The van der Waals surface area contributed by atoms with Crippen LogP contribution in [0.4, 0.5) is 0 Å². The van der Waals surface area contributed by atoms with Crippen molar-refractivity contribution in [2.45, 2.75) is 45.9 Å². The van der Waals surface area contributed by atoms with Crippen molar-refractivity contribution < 1.29 is 23.8 Å². The molecule has 0 saturated carbocycles. The molecule has 0 radical (unpaired) electrons. The number of ether oxygens (including phenoxy) is 3. The minimum absolute atomic E-state index is 0.146. The minimum Gasteiger partial charge on any atom is -0.497 e. The molecule has 0 spiro atoms. The fraction of sp³-hybridized carbons (Fsp3) is 0.300. The average molecular weight is 587 g/mol. The van der Waals surface area contributed by atoms with Crippen molar-refractivity contribution >= 4 is 41.2 Å². The number of benzene rings is 3. The molecule has 10 heteroatoms. The number of hydrogen-bond acceptors (Lipinski definition) is 6. The van der Waals surface area contributed by atoms with Crippen LogP contribution in [0.1, 0.15) is 38.3 Å². The number of hydrogen-bond donors (Lipinski definition) is 2. The highest BCUT2D eigenvalue weighted by Gasteiger charge is 2.25. The van der Waals surface area contributed by atoms with Gasteiger partial charge in [-0.15, -0.1) is 0 Å². The van der Waals surface area contributed by atoms with Gasteiger partial charge in [0.05, 0.1) is 18.3 Å². The fourth-order valence-corrected chi connectivity index (χ4v) is 4.05. The van der Waals surface area contributed by atoms with Crippen LogP contribution < -0.4 is 25.0 Å². The molecule has 0 aliphatic heterocycles. The normalized spacial score (nSPS) is 12.6. The quantitative estimate of drug-likeness (QED) is 0.188. The zero-order valence-corrected chi connectivity index (χ0v) is 24.3. The van der Waals surface area contributed by atoms with E-state index in [1.165, 1.54) is 12.3 Å². The zero-order valence-electron chi connectivity index (χ0n) is 22.8. The smallest absolute Gasteiger partial charge is 0.262 e. The van der Waals surface area contributed by atoms with Crippen LogP contribution in [0.3, 0.4) is 0 Å². The predicted molar refractivity (Wildman–Crippen MR) is 157 cm³/mol. The van der Waals surface area contributed by atoms with Gasteiger partial charge in [0.1, 0.15) is 29.9 Å². The van der Waals surface area contributed by atoms with Gasteiger partial charge in [0.25, 0.3) is 11.8 Å². The van der Waals surface area contributed by atoms with Crippen molar-refractivity contribution in [3.8, 4) is 17.2 Å². The summed E-state index contributed by atoms with van der Waals surface area (Å²) in [6.07, 6.45) is 1.05. The van der Waals surface area contributed by atoms with E-state index < -0.39 is 24.0 Å². The molecule has 2 atom stereocenters. The summed E-state index contributed by atoms with van der Waals surface area (Å²) >= 11 is 12.1. The minimum atomic E-state index is -0.893. The first-order valence-corrected chi connectivity index (χ1v) is 13.5. The molecule has 0 aliphatic rings. The molecule has 0 fully saturated rings. The molecule has 212 valence electrons. The third-order valence-electron chi connectivity index (χ3n) is 5.74. The van der Waals surface area contributed by atoms with Gasteiger partial charge < -0.3 is 19.5 Å². The molecular weight excluding hydrogens is 553 g/mol. The lowest BCUT2D eigenvalue weighted by Gasteiger charge is -2.22. The van der Waals surface area contributed by atoms with Crippen LogP contribution in [0.2, 0.25) is 10.0 Å². The summed E-state index contributed by atoms with van der Waals surface area (Å²) in [5, 5.41) is 7.55. The third-order valence-corrected chi connectivity index (χ3v) is 6.27. The summed E-state index contributed by atoms with van der Waals surface area (Å²) in [7, 11) is 1.63. The first-order valence-electron chi connectivity index (χ1n) is 12.8. The summed E-state index contributed by atoms with van der Waals surface area (Å²) in [5.41, 5.74) is 4.30. The van der Waals surface area contributed by atoms with Crippen molar-refractivity contribution in [1.82, 2.24) is 10.7 Å². The van der Waals surface area contributed by atoms with Crippen LogP contribution in [0.15, 0.2) is 71.8 Å². The standard InChI is InChI=1S/C30H33Cl2N3O5/c1-19(2)15-27(34-29(36)20(3)40-28-14-9-23(31)16-26(28)32)30(37)35-33-17-21-5-12-25(13-6-21)39-18-22-7-10-24(38-4)11-8-22/h5-14,16-17,19-20,27H,15,18H2,1-4H3,(H,34,36)(H,35,37)/b33-17-/t20-,27-/m1/s1. The lowest BCUT2D eigenvalue weighted by atomic mass is 10.0. The highest BCUT2D eigenvalue weighted by Crippen LogP contribution is 2.28. The van der Waals surface area contributed by atoms with E-state index in [4.69, 9.17) is 37.4 Å². The van der Waals surface area contributed by atoms with E-state index in [9.17, 15) is 9.59 Å². The predicted octanol–water partition coefficient (Wildman–Crippen LogP) is 6.03. The van der Waals surface area contributed by atoms with Gasteiger partial charge in [0, 0.05) is 5.02 Å². The molecule has 2 N–H and O–H groups in total. The molecule has 0 aromatic heterocycles. The van der Waals surface area contributed by atoms with E-state index >= 15 is 0 Å². The Hall–Kier alpha value is -3.75. The van der Waals surface area contributed by atoms with Crippen molar-refractivity contribution in [3.63, 3.8) is 0 Å². The second-order valence-electron chi connectivity index (χ2n) is 9.47. The second-order valence-corrected chi connectivity index (χ2v) is 10.3. The van der Waals surface area contributed by atoms with Crippen LogP contribution in [0, 0.1) is 5.92 Å². The Morgan fingerprint density at radius 3 is 2.23 bits per heavy atom. The lowest BCUT2D eigenvalue weighted by molar-refractivity contribution is -0.132. The van der Waals surface area contributed by atoms with Crippen LogP contribution in [0.5, 0.6) is 17.2 Å². The number of methoxy groups -OCH3 is 1.